The van der Waals surface area contributed by atoms with Crippen LogP contribution in [0.3, 0.4) is 0 Å². The summed E-state index contributed by atoms with van der Waals surface area (Å²) in [5, 5.41) is 25.8. The minimum Gasteiger partial charge on any atom is -0.493 e. The average Bonchev–Trinajstić information content (AvgIpc) is 3.96. The number of halogens is 3. The quantitative estimate of drug-likeness (QED) is 0.0974. The lowest BCUT2D eigenvalue weighted by Gasteiger charge is -2.57. The van der Waals surface area contributed by atoms with Gasteiger partial charge in [0.2, 0.25) is 17.7 Å². The fraction of sp³-hybridized carbons (Fsp3) is 0.491. The first kappa shape index (κ1) is 52.4. The molecule has 382 valence electrons. The Bertz CT molecular complexity index is 2760. The van der Waals surface area contributed by atoms with Crippen molar-refractivity contribution in [2.45, 2.75) is 117 Å². The largest absolute Gasteiger partial charge is 0.493 e. The lowest BCUT2D eigenvalue weighted by atomic mass is 9.48. The number of carbonyl (C=O) groups is 4. The number of β-amino-alcohol motifs (C(OH)–C–C–N with tert-alkyl or cyclic N) is 1. The van der Waals surface area contributed by atoms with Crippen LogP contribution in [0.15, 0.2) is 72.2 Å². The average molecular weight is 1030 g/mol. The maximum Gasteiger partial charge on any atom is 0.417 e. The second kappa shape index (κ2) is 20.2. The Kier molecular flexibility index (Phi) is 14.7. The van der Waals surface area contributed by atoms with Gasteiger partial charge in [-0.3, -0.25) is 24.1 Å². The number of aryl methyl sites for hydroxylation is 1. The molecule has 19 heteroatoms. The van der Waals surface area contributed by atoms with E-state index in [2.05, 4.69) is 15.6 Å². The number of thiocarbonyl (C=S) groups is 1. The Morgan fingerprint density at radius 2 is 1.61 bits per heavy atom. The lowest BCUT2D eigenvalue weighted by molar-refractivity contribution is -0.145. The molecule has 1 aromatic heterocycles. The molecular formula is C53H60F3N7O7S2. The van der Waals surface area contributed by atoms with E-state index in [1.807, 2.05) is 64.4 Å². The van der Waals surface area contributed by atoms with E-state index in [9.17, 15) is 42.7 Å². The zero-order valence-electron chi connectivity index (χ0n) is 41.3. The summed E-state index contributed by atoms with van der Waals surface area (Å²) >= 11 is 7.23. The number of ether oxygens (including phenoxy) is 2. The molecule has 3 N–H and O–H groups in total. The molecule has 4 aliphatic rings. The molecule has 3 heterocycles. The van der Waals surface area contributed by atoms with Gasteiger partial charge in [0.15, 0.2) is 5.11 Å². The van der Waals surface area contributed by atoms with Crippen molar-refractivity contribution >= 4 is 63.7 Å². The molecule has 2 saturated carbocycles. The van der Waals surface area contributed by atoms with Gasteiger partial charge in [-0.05, 0) is 142 Å². The van der Waals surface area contributed by atoms with E-state index in [4.69, 9.17) is 21.7 Å². The molecule has 2 saturated heterocycles. The van der Waals surface area contributed by atoms with Crippen LogP contribution in [-0.2, 0) is 30.1 Å². The summed E-state index contributed by atoms with van der Waals surface area (Å²) in [6, 6.07) is 17.4. The minimum atomic E-state index is -4.80. The number of nitrogens with zero attached hydrogens (tertiary/aromatic N) is 5. The summed E-state index contributed by atoms with van der Waals surface area (Å²) in [4.78, 5) is 64.2. The Labute approximate surface area is 426 Å². The number of likely N-dealkylation sites (tertiary alicyclic amines) is 1. The molecule has 4 aromatic rings. The summed E-state index contributed by atoms with van der Waals surface area (Å²) in [5.74, 6) is -0.491. The minimum absolute atomic E-state index is 0.00850. The van der Waals surface area contributed by atoms with Crippen LogP contribution < -0.4 is 25.2 Å². The summed E-state index contributed by atoms with van der Waals surface area (Å²) in [7, 11) is 0. The number of thiazole rings is 1. The van der Waals surface area contributed by atoms with Gasteiger partial charge in [0, 0.05) is 18.7 Å². The number of carbonyl (C=O) groups excluding carboxylic acids is 4. The van der Waals surface area contributed by atoms with Gasteiger partial charge in [-0.2, -0.15) is 18.4 Å². The van der Waals surface area contributed by atoms with E-state index >= 15 is 0 Å². The van der Waals surface area contributed by atoms with E-state index < -0.39 is 64.2 Å². The van der Waals surface area contributed by atoms with Crippen LogP contribution in [0.1, 0.15) is 102 Å². The fourth-order valence-corrected chi connectivity index (χ4v) is 12.1. The number of hydrogen-bond acceptors (Lipinski definition) is 11. The first-order valence-electron chi connectivity index (χ1n) is 24.1. The third-order valence-electron chi connectivity index (χ3n) is 14.5. The van der Waals surface area contributed by atoms with Gasteiger partial charge >= 0.3 is 6.18 Å². The summed E-state index contributed by atoms with van der Waals surface area (Å²) in [6.45, 7) is 13.3. The number of benzene rings is 3. The van der Waals surface area contributed by atoms with Crippen LogP contribution in [0.5, 0.6) is 5.75 Å². The molecule has 3 aromatic carbocycles. The van der Waals surface area contributed by atoms with Gasteiger partial charge in [-0.1, -0.05) is 45.0 Å². The van der Waals surface area contributed by atoms with Crippen molar-refractivity contribution in [3.8, 4) is 22.3 Å². The topological polar surface area (TPSA) is 177 Å². The van der Waals surface area contributed by atoms with E-state index in [1.54, 1.807) is 60.4 Å². The first-order chi connectivity index (χ1) is 33.9. The normalized spacial score (nSPS) is 23.6. The number of amides is 4. The zero-order chi connectivity index (χ0) is 52.1. The molecular weight excluding hydrogens is 968 g/mol. The number of nitrogens with one attached hydrogen (secondary N) is 2. The van der Waals surface area contributed by atoms with Crippen molar-refractivity contribution < 1.29 is 46.9 Å². The highest BCUT2D eigenvalue weighted by atomic mass is 32.1. The van der Waals surface area contributed by atoms with Crippen LogP contribution in [0, 0.1) is 40.9 Å². The number of aromatic nitrogens is 1. The third kappa shape index (κ3) is 10.7. The zero-order valence-corrected chi connectivity index (χ0v) is 43.0. The van der Waals surface area contributed by atoms with E-state index in [0.29, 0.717) is 36.5 Å². The molecule has 14 nitrogen and oxygen atoms in total. The molecule has 4 atom stereocenters. The van der Waals surface area contributed by atoms with Crippen LogP contribution in [0.25, 0.3) is 10.4 Å². The van der Waals surface area contributed by atoms with Crippen molar-refractivity contribution in [3.05, 3.63) is 94.6 Å². The molecule has 8 rings (SSSR count). The van der Waals surface area contributed by atoms with Crippen molar-refractivity contribution in [1.29, 1.82) is 5.26 Å². The molecule has 0 unspecified atom stereocenters. The van der Waals surface area contributed by atoms with Gasteiger partial charge in [0.25, 0.3) is 5.91 Å². The molecule has 2 aliphatic heterocycles. The fourth-order valence-electron chi connectivity index (χ4n) is 10.8. The third-order valence-corrected chi connectivity index (χ3v) is 15.8. The Balaban J connectivity index is 0.764. The Hall–Kier alpha value is -5.94. The number of rotatable bonds is 15. The Morgan fingerprint density at radius 3 is 2.21 bits per heavy atom. The summed E-state index contributed by atoms with van der Waals surface area (Å²) < 4.78 is 53.3. The second-order valence-corrected chi connectivity index (χ2v) is 22.6. The first-order valence-corrected chi connectivity index (χ1v) is 25.4. The monoisotopic (exact) mass is 1030 g/mol. The smallest absolute Gasteiger partial charge is 0.417 e. The number of aliphatic hydroxyl groups excluding tert-OH is 1. The van der Waals surface area contributed by atoms with Crippen LogP contribution in [0.2, 0.25) is 0 Å². The standard InChI is InChI=1S/C53H60F3N7O7S2/c1-30(34-8-10-35(11-9-34)44-31(2)58-29-72-44)59-46(66)42-19-39(64)25-61(42)47(67)45(50(3,4)5)60-43(65)28-69-26-32-20-52(21-32)22-33(23-52)27-70-40-16-14-37(15-17-40)63-49(71)62(48(68)51(63,6)7)38-13-12-36(24-57)41(18-38)53(54,55)56/h8-18,29-30,32-33,39,42,45,64H,19-23,25-28H2,1-7H3,(H,59,66)(H,60,65)/t30-,32?,33?,39+,42-,45+,52?/m0/s1. The van der Waals surface area contributed by atoms with Gasteiger partial charge in [0.1, 0.15) is 30.0 Å². The lowest BCUT2D eigenvalue weighted by Crippen LogP contribution is -2.58. The highest BCUT2D eigenvalue weighted by molar-refractivity contribution is 7.81. The van der Waals surface area contributed by atoms with Crippen LogP contribution >= 0.6 is 23.6 Å². The molecule has 1 spiro atoms. The molecule has 72 heavy (non-hydrogen) atoms. The van der Waals surface area contributed by atoms with Crippen molar-refractivity contribution in [2.24, 2.45) is 22.7 Å². The SMILES string of the molecule is Cc1ncsc1-c1ccc([C@H](C)NC(=O)[C@@H]2C[C@@H](O)CN2C(=O)[C@@H](NC(=O)COCC2CC3(C2)CC(COc2ccc(N4C(=S)N(c5ccc(C#N)c(C(F)(F)F)c5)C(=O)C4(C)C)cc2)C3)C(C)(C)C)cc1. The van der Waals surface area contributed by atoms with Crippen molar-refractivity contribution in [2.75, 3.05) is 36.2 Å². The number of anilines is 2. The van der Waals surface area contributed by atoms with Crippen LogP contribution in [-0.4, -0.2) is 93.8 Å². The van der Waals surface area contributed by atoms with Gasteiger partial charge < -0.3 is 35.0 Å². The molecule has 2 aliphatic carbocycles. The van der Waals surface area contributed by atoms with Gasteiger partial charge in [0.05, 0.1) is 64.3 Å². The van der Waals surface area contributed by atoms with E-state index in [1.165, 1.54) is 11.0 Å². The number of nitriles is 1. The number of hydrogen-bond donors (Lipinski definition) is 3. The van der Waals surface area contributed by atoms with Crippen LogP contribution in [0.4, 0.5) is 24.5 Å². The van der Waals surface area contributed by atoms with Crippen molar-refractivity contribution in [3.63, 3.8) is 0 Å². The highest BCUT2D eigenvalue weighted by Crippen LogP contribution is 2.61. The van der Waals surface area contributed by atoms with Gasteiger partial charge in [-0.25, -0.2) is 4.98 Å². The summed E-state index contributed by atoms with van der Waals surface area (Å²) in [5.41, 5.74) is 1.76. The Morgan fingerprint density at radius 1 is 0.972 bits per heavy atom. The van der Waals surface area contributed by atoms with E-state index in [-0.39, 0.29) is 47.7 Å². The molecule has 0 bridgehead atoms. The predicted molar refractivity (Wildman–Crippen MR) is 270 cm³/mol. The molecule has 4 amide bonds. The maximum absolute atomic E-state index is 14.1. The number of aliphatic hydroxyl groups is 1. The highest BCUT2D eigenvalue weighted by Gasteiger charge is 2.53. The molecule has 0 radical (unpaired) electrons. The van der Waals surface area contributed by atoms with E-state index in [0.717, 1.165) is 64.4 Å². The maximum atomic E-state index is 14.1. The number of alkyl halides is 3. The second-order valence-electron chi connectivity index (χ2n) is 21.4. The van der Waals surface area contributed by atoms with Gasteiger partial charge in [-0.15, -0.1) is 11.3 Å². The summed E-state index contributed by atoms with van der Waals surface area (Å²) in [6.07, 6.45) is -1.66. The van der Waals surface area contributed by atoms with Crippen molar-refractivity contribution in [1.82, 2.24) is 20.5 Å². The predicted octanol–water partition coefficient (Wildman–Crippen LogP) is 8.50. The molecule has 4 fully saturated rings.